The lowest BCUT2D eigenvalue weighted by Crippen LogP contribution is -2.43. The Hall–Kier alpha value is -1.55. The van der Waals surface area contributed by atoms with E-state index in [1.807, 2.05) is 0 Å². The lowest BCUT2D eigenvalue weighted by Gasteiger charge is -2.37. The van der Waals surface area contributed by atoms with Crippen LogP contribution in [0.2, 0.25) is 16.6 Å². The number of benzene rings is 1. The number of rotatable bonds is 4. The van der Waals surface area contributed by atoms with Gasteiger partial charge in [0.1, 0.15) is 20.0 Å². The molecule has 0 saturated carbocycles. The normalized spacial score (nSPS) is 12.7. The van der Waals surface area contributed by atoms with Crippen molar-refractivity contribution >= 4 is 8.07 Å². The van der Waals surface area contributed by atoms with Gasteiger partial charge in [-0.15, -0.1) is 5.54 Å². The SMILES string of the molecule is CC(C)[Si](C#CC#C[C@H](O)c1ccccc1F)(C(C)C)C(C)C. The molecule has 124 valence electrons. The summed E-state index contributed by atoms with van der Waals surface area (Å²) in [7, 11) is -1.81. The van der Waals surface area contributed by atoms with Crippen molar-refractivity contribution in [2.45, 2.75) is 64.3 Å². The first-order chi connectivity index (χ1) is 10.7. The van der Waals surface area contributed by atoms with Gasteiger partial charge >= 0.3 is 0 Å². The van der Waals surface area contributed by atoms with Gasteiger partial charge in [-0.3, -0.25) is 0 Å². The van der Waals surface area contributed by atoms with E-state index in [4.69, 9.17) is 0 Å². The van der Waals surface area contributed by atoms with Gasteiger partial charge in [0, 0.05) is 5.56 Å². The average Bonchev–Trinajstić information content (AvgIpc) is 2.46. The molecule has 0 aliphatic carbocycles. The van der Waals surface area contributed by atoms with Gasteiger partial charge in [-0.25, -0.2) is 4.39 Å². The van der Waals surface area contributed by atoms with E-state index in [2.05, 4.69) is 64.8 Å². The molecule has 0 fully saturated rings. The van der Waals surface area contributed by atoms with Crippen molar-refractivity contribution < 1.29 is 9.50 Å². The van der Waals surface area contributed by atoms with Crippen LogP contribution in [0.3, 0.4) is 0 Å². The van der Waals surface area contributed by atoms with Gasteiger partial charge in [-0.2, -0.15) is 0 Å². The van der Waals surface area contributed by atoms with Crippen molar-refractivity contribution in [2.24, 2.45) is 0 Å². The zero-order valence-corrected chi connectivity index (χ0v) is 15.9. The van der Waals surface area contributed by atoms with Crippen LogP contribution in [0, 0.1) is 29.1 Å². The summed E-state index contributed by atoms with van der Waals surface area (Å²) in [5, 5.41) is 9.99. The number of halogens is 1. The van der Waals surface area contributed by atoms with Crippen LogP contribution in [0.5, 0.6) is 0 Å². The van der Waals surface area contributed by atoms with Gasteiger partial charge in [-0.05, 0) is 34.5 Å². The highest BCUT2D eigenvalue weighted by atomic mass is 28.3. The Kier molecular flexibility index (Phi) is 7.07. The molecular formula is C20H27FOSi. The Morgan fingerprint density at radius 2 is 1.43 bits per heavy atom. The molecule has 0 aliphatic heterocycles. The molecule has 0 radical (unpaired) electrons. The van der Waals surface area contributed by atoms with Gasteiger partial charge in [-0.1, -0.05) is 65.7 Å². The molecule has 1 rings (SSSR count). The molecule has 1 atom stereocenters. The molecule has 23 heavy (non-hydrogen) atoms. The Morgan fingerprint density at radius 3 is 1.91 bits per heavy atom. The zero-order valence-electron chi connectivity index (χ0n) is 14.9. The van der Waals surface area contributed by atoms with Crippen molar-refractivity contribution in [3.63, 3.8) is 0 Å². The monoisotopic (exact) mass is 330 g/mol. The zero-order chi connectivity index (χ0) is 17.6. The van der Waals surface area contributed by atoms with Gasteiger partial charge in [0.2, 0.25) is 0 Å². The van der Waals surface area contributed by atoms with E-state index in [0.717, 1.165) is 0 Å². The molecule has 3 heteroatoms. The highest BCUT2D eigenvalue weighted by Gasteiger charge is 2.41. The van der Waals surface area contributed by atoms with Crippen molar-refractivity contribution in [2.75, 3.05) is 0 Å². The maximum absolute atomic E-state index is 13.6. The first-order valence-corrected chi connectivity index (χ1v) is 10.4. The first kappa shape index (κ1) is 19.5. The highest BCUT2D eigenvalue weighted by Crippen LogP contribution is 2.40. The predicted octanol–water partition coefficient (Wildman–Crippen LogP) is 5.08. The van der Waals surface area contributed by atoms with Gasteiger partial charge in [0.25, 0.3) is 0 Å². The number of aliphatic hydroxyl groups excluding tert-OH is 1. The first-order valence-electron chi connectivity index (χ1n) is 8.18. The molecule has 0 heterocycles. The third-order valence-electron chi connectivity index (χ3n) is 4.62. The fourth-order valence-electron chi connectivity index (χ4n) is 3.45. The summed E-state index contributed by atoms with van der Waals surface area (Å²) in [5.41, 5.74) is 5.27. The van der Waals surface area contributed by atoms with E-state index in [1.54, 1.807) is 12.1 Å². The summed E-state index contributed by atoms with van der Waals surface area (Å²) in [5.74, 6) is 7.89. The highest BCUT2D eigenvalue weighted by molar-refractivity contribution is 6.90. The van der Waals surface area contributed by atoms with Crippen molar-refractivity contribution in [1.82, 2.24) is 0 Å². The van der Waals surface area contributed by atoms with Crippen LogP contribution in [0.1, 0.15) is 53.2 Å². The largest absolute Gasteiger partial charge is 0.376 e. The Balaban J connectivity index is 3.06. The van der Waals surface area contributed by atoms with E-state index in [0.29, 0.717) is 16.6 Å². The van der Waals surface area contributed by atoms with Crippen LogP contribution in [-0.4, -0.2) is 13.2 Å². The standard InChI is InChI=1S/C20H27FOSi/c1-15(2)23(16(3)4,17(5)6)14-10-9-13-20(22)18-11-7-8-12-19(18)21/h7-8,11-12,15-17,20,22H,1-6H3/t20-/m0/s1. The van der Waals surface area contributed by atoms with Crippen LogP contribution < -0.4 is 0 Å². The summed E-state index contributed by atoms with van der Waals surface area (Å²) >= 11 is 0. The predicted molar refractivity (Wildman–Crippen MR) is 98.0 cm³/mol. The van der Waals surface area contributed by atoms with Crippen LogP contribution in [-0.2, 0) is 0 Å². The summed E-state index contributed by atoms with van der Waals surface area (Å²) in [6.07, 6.45) is -1.14. The molecule has 0 aliphatic rings. The molecule has 0 spiro atoms. The number of hydrogen-bond donors (Lipinski definition) is 1. The molecule has 0 aromatic heterocycles. The lowest BCUT2D eigenvalue weighted by molar-refractivity contribution is 0.233. The second-order valence-electron chi connectivity index (χ2n) is 6.84. The Morgan fingerprint density at radius 1 is 0.913 bits per heavy atom. The minimum Gasteiger partial charge on any atom is -0.376 e. The molecule has 0 bridgehead atoms. The van der Waals surface area contributed by atoms with E-state index in [9.17, 15) is 9.50 Å². The van der Waals surface area contributed by atoms with Crippen LogP contribution >= 0.6 is 0 Å². The second kappa shape index (κ2) is 8.34. The van der Waals surface area contributed by atoms with Gasteiger partial charge in [0.15, 0.2) is 0 Å². The van der Waals surface area contributed by atoms with Crippen molar-refractivity contribution in [1.29, 1.82) is 0 Å². The van der Waals surface area contributed by atoms with E-state index < -0.39 is 20.0 Å². The fourth-order valence-corrected chi connectivity index (χ4v) is 8.60. The average molecular weight is 331 g/mol. The van der Waals surface area contributed by atoms with Gasteiger partial charge in [0.05, 0.1) is 0 Å². The third-order valence-corrected chi connectivity index (χ3v) is 10.9. The van der Waals surface area contributed by atoms with Gasteiger partial charge < -0.3 is 5.11 Å². The van der Waals surface area contributed by atoms with Crippen molar-refractivity contribution in [3.05, 3.63) is 35.6 Å². The molecule has 0 unspecified atom stereocenters. The number of aliphatic hydroxyl groups is 1. The van der Waals surface area contributed by atoms with Crippen LogP contribution in [0.25, 0.3) is 0 Å². The molecule has 1 nitrogen and oxygen atoms in total. The van der Waals surface area contributed by atoms with Crippen molar-refractivity contribution in [3.8, 4) is 23.3 Å². The summed E-state index contributed by atoms with van der Waals surface area (Å²) in [4.78, 5) is 0. The minimum absolute atomic E-state index is 0.196. The minimum atomic E-state index is -1.81. The maximum Gasteiger partial charge on any atom is 0.147 e. The van der Waals surface area contributed by atoms with E-state index >= 15 is 0 Å². The summed E-state index contributed by atoms with van der Waals surface area (Å²) in [6.45, 7) is 13.4. The van der Waals surface area contributed by atoms with E-state index in [-0.39, 0.29) is 5.56 Å². The lowest BCUT2D eigenvalue weighted by atomic mass is 10.1. The quantitative estimate of drug-likeness (QED) is 0.602. The Bertz CT molecular complexity index is 619. The molecule has 0 amide bonds. The molecule has 1 N–H and O–H groups in total. The topological polar surface area (TPSA) is 20.2 Å². The third kappa shape index (κ3) is 4.47. The van der Waals surface area contributed by atoms with E-state index in [1.165, 1.54) is 12.1 Å². The second-order valence-corrected chi connectivity index (χ2v) is 12.4. The number of hydrogen-bond acceptors (Lipinski definition) is 1. The Labute approximate surface area is 141 Å². The molecule has 1 aromatic carbocycles. The smallest absolute Gasteiger partial charge is 0.147 e. The summed E-state index contributed by atoms with van der Waals surface area (Å²) in [6, 6.07) is 6.13. The van der Waals surface area contributed by atoms with Crippen LogP contribution in [0.4, 0.5) is 4.39 Å². The molecule has 1 aromatic rings. The van der Waals surface area contributed by atoms with Crippen LogP contribution in [0.15, 0.2) is 24.3 Å². The fraction of sp³-hybridized carbons (Fsp3) is 0.500. The summed E-state index contributed by atoms with van der Waals surface area (Å²) < 4.78 is 13.6. The maximum atomic E-state index is 13.6. The molecular weight excluding hydrogens is 303 g/mol. The molecule has 0 saturated heterocycles.